The van der Waals surface area contributed by atoms with E-state index >= 15 is 0 Å². The molecule has 0 heteroatoms. The summed E-state index contributed by atoms with van der Waals surface area (Å²) in [7, 11) is 0. The Morgan fingerprint density at radius 3 is 3.12 bits per heavy atom. The van der Waals surface area contributed by atoms with Gasteiger partial charge in [-0.15, -0.1) is 5.73 Å². The van der Waals surface area contributed by atoms with Gasteiger partial charge in [-0.3, -0.25) is 0 Å². The van der Waals surface area contributed by atoms with E-state index in [0.717, 1.165) is 5.92 Å². The van der Waals surface area contributed by atoms with E-state index < -0.39 is 0 Å². The number of fused-ring (bicyclic) bond motifs is 1. The van der Waals surface area contributed by atoms with Crippen LogP contribution in [0.5, 0.6) is 0 Å². The maximum Gasteiger partial charge on any atom is 0.000364 e. The SMILES string of the molecule is CC1CC2=CC=C=C21. The molecule has 0 saturated heterocycles. The zero-order valence-electron chi connectivity index (χ0n) is 4.94. The molecular formula is C8H8. The molecule has 0 aromatic rings. The van der Waals surface area contributed by atoms with Gasteiger partial charge in [-0.2, -0.15) is 0 Å². The summed E-state index contributed by atoms with van der Waals surface area (Å²) < 4.78 is 0. The average Bonchev–Trinajstić information content (AvgIpc) is 2.09. The first-order valence-electron chi connectivity index (χ1n) is 3.04. The second-order valence-corrected chi connectivity index (χ2v) is 2.52. The van der Waals surface area contributed by atoms with Crippen molar-refractivity contribution < 1.29 is 0 Å². The minimum atomic E-state index is 0.792. The summed E-state index contributed by atoms with van der Waals surface area (Å²) in [5, 5.41) is 0. The number of rotatable bonds is 0. The number of allylic oxidation sites excluding steroid dienone is 3. The van der Waals surface area contributed by atoms with Crippen molar-refractivity contribution in [3.63, 3.8) is 0 Å². The van der Waals surface area contributed by atoms with Gasteiger partial charge >= 0.3 is 0 Å². The summed E-state index contributed by atoms with van der Waals surface area (Å²) in [5.41, 5.74) is 6.17. The summed E-state index contributed by atoms with van der Waals surface area (Å²) in [6, 6.07) is 0. The van der Waals surface area contributed by atoms with E-state index in [1.54, 1.807) is 0 Å². The van der Waals surface area contributed by atoms with Crippen molar-refractivity contribution >= 4 is 0 Å². The van der Waals surface area contributed by atoms with Crippen molar-refractivity contribution in [2.45, 2.75) is 13.3 Å². The highest BCUT2D eigenvalue weighted by atomic mass is 14.3. The molecule has 8 heavy (non-hydrogen) atoms. The van der Waals surface area contributed by atoms with Crippen molar-refractivity contribution in [2.24, 2.45) is 5.92 Å². The van der Waals surface area contributed by atoms with Crippen LogP contribution in [0.2, 0.25) is 0 Å². The predicted molar refractivity (Wildman–Crippen MR) is 33.5 cm³/mol. The minimum absolute atomic E-state index is 0.792. The standard InChI is InChI=1S/C8H8/c1-6-5-7-3-2-4-8(6)7/h2-3,6H,5H2,1H3. The van der Waals surface area contributed by atoms with Crippen LogP contribution in [-0.2, 0) is 0 Å². The van der Waals surface area contributed by atoms with Gasteiger partial charge in [0.25, 0.3) is 0 Å². The van der Waals surface area contributed by atoms with Crippen LogP contribution in [0, 0.1) is 5.92 Å². The molecule has 0 N–H and O–H groups in total. The molecule has 2 aliphatic carbocycles. The molecule has 1 saturated carbocycles. The van der Waals surface area contributed by atoms with Gasteiger partial charge in [0.15, 0.2) is 0 Å². The van der Waals surface area contributed by atoms with Crippen molar-refractivity contribution in [1.82, 2.24) is 0 Å². The quantitative estimate of drug-likeness (QED) is 0.412. The molecule has 0 heterocycles. The molecule has 1 fully saturated rings. The van der Waals surface area contributed by atoms with Gasteiger partial charge in [0.2, 0.25) is 0 Å². The van der Waals surface area contributed by atoms with E-state index in [9.17, 15) is 0 Å². The molecule has 0 nitrogen and oxygen atoms in total. The Morgan fingerprint density at radius 2 is 2.62 bits per heavy atom. The third-order valence-corrected chi connectivity index (χ3v) is 1.89. The van der Waals surface area contributed by atoms with Crippen LogP contribution in [-0.4, -0.2) is 0 Å². The van der Waals surface area contributed by atoms with Gasteiger partial charge in [-0.05, 0) is 24.0 Å². The lowest BCUT2D eigenvalue weighted by Gasteiger charge is -2.25. The summed E-state index contributed by atoms with van der Waals surface area (Å²) >= 11 is 0. The molecule has 1 unspecified atom stereocenters. The van der Waals surface area contributed by atoms with Gasteiger partial charge in [-0.25, -0.2) is 0 Å². The number of hydrogen-bond acceptors (Lipinski definition) is 0. The van der Waals surface area contributed by atoms with Gasteiger partial charge in [-0.1, -0.05) is 13.0 Å². The van der Waals surface area contributed by atoms with Gasteiger partial charge in [0.05, 0.1) is 0 Å². The highest BCUT2D eigenvalue weighted by Crippen LogP contribution is 2.39. The van der Waals surface area contributed by atoms with Gasteiger partial charge < -0.3 is 0 Å². The normalized spacial score (nSPS) is 30.9. The van der Waals surface area contributed by atoms with E-state index in [4.69, 9.17) is 0 Å². The summed E-state index contributed by atoms with van der Waals surface area (Å²) in [6.45, 7) is 2.25. The van der Waals surface area contributed by atoms with Crippen molar-refractivity contribution in [3.8, 4) is 0 Å². The Kier molecular flexibility index (Phi) is 0.601. The summed E-state index contributed by atoms with van der Waals surface area (Å²) in [6.07, 6.45) is 5.46. The van der Waals surface area contributed by atoms with Crippen molar-refractivity contribution in [1.29, 1.82) is 0 Å². The summed E-state index contributed by atoms with van der Waals surface area (Å²) in [5.74, 6) is 0.792. The van der Waals surface area contributed by atoms with Crippen LogP contribution in [0.25, 0.3) is 0 Å². The van der Waals surface area contributed by atoms with Gasteiger partial charge in [0.1, 0.15) is 0 Å². The van der Waals surface area contributed by atoms with Crippen LogP contribution in [0.3, 0.4) is 0 Å². The zero-order chi connectivity index (χ0) is 5.56. The zero-order valence-corrected chi connectivity index (χ0v) is 4.94. The lowest BCUT2D eigenvalue weighted by Crippen LogP contribution is -2.12. The van der Waals surface area contributed by atoms with Crippen LogP contribution in [0.1, 0.15) is 13.3 Å². The molecule has 1 atom stereocenters. The van der Waals surface area contributed by atoms with E-state index in [0.29, 0.717) is 0 Å². The van der Waals surface area contributed by atoms with Crippen LogP contribution < -0.4 is 0 Å². The first-order valence-corrected chi connectivity index (χ1v) is 3.04. The van der Waals surface area contributed by atoms with Gasteiger partial charge in [0, 0.05) is 5.57 Å². The number of hydrogen-bond donors (Lipinski definition) is 0. The lowest BCUT2D eigenvalue weighted by molar-refractivity contribution is 0.597. The van der Waals surface area contributed by atoms with E-state index in [1.165, 1.54) is 17.6 Å². The third kappa shape index (κ3) is 0.320. The first-order chi connectivity index (χ1) is 3.88. The first kappa shape index (κ1) is 4.17. The van der Waals surface area contributed by atoms with E-state index in [1.807, 2.05) is 6.08 Å². The van der Waals surface area contributed by atoms with E-state index in [-0.39, 0.29) is 0 Å². The van der Waals surface area contributed by atoms with Crippen LogP contribution in [0.4, 0.5) is 0 Å². The molecule has 40 valence electrons. The molecule has 0 amide bonds. The van der Waals surface area contributed by atoms with Crippen molar-refractivity contribution in [3.05, 3.63) is 29.0 Å². The van der Waals surface area contributed by atoms with E-state index in [2.05, 4.69) is 18.7 Å². The fraction of sp³-hybridized carbons (Fsp3) is 0.375. The largest absolute Gasteiger partial charge is 0.117 e. The molecule has 2 rings (SSSR count). The second kappa shape index (κ2) is 1.15. The smallest absolute Gasteiger partial charge is 0.000364 e. The molecule has 0 aromatic carbocycles. The second-order valence-electron chi connectivity index (χ2n) is 2.52. The Bertz CT molecular complexity index is 212. The minimum Gasteiger partial charge on any atom is -0.117 e. The maximum atomic E-state index is 3.20. The predicted octanol–water partition coefficient (Wildman–Crippen LogP) is 2.05. The topological polar surface area (TPSA) is 0 Å². The molecule has 0 bridgehead atoms. The Labute approximate surface area is 49.2 Å². The highest BCUT2D eigenvalue weighted by molar-refractivity contribution is 5.48. The maximum absolute atomic E-state index is 3.20. The monoisotopic (exact) mass is 104 g/mol. The Morgan fingerprint density at radius 1 is 1.75 bits per heavy atom. The Balaban J connectivity index is 2.45. The lowest BCUT2D eigenvalue weighted by atomic mass is 9.78. The summed E-state index contributed by atoms with van der Waals surface area (Å²) in [4.78, 5) is 0. The third-order valence-electron chi connectivity index (χ3n) is 1.89. The molecular weight excluding hydrogens is 96.1 g/mol. The fourth-order valence-electron chi connectivity index (χ4n) is 1.35. The Hall–Kier alpha value is -0.740. The van der Waals surface area contributed by atoms with Crippen LogP contribution >= 0.6 is 0 Å². The molecule has 0 aromatic heterocycles. The van der Waals surface area contributed by atoms with Crippen molar-refractivity contribution in [2.75, 3.05) is 0 Å². The molecule has 0 spiro atoms. The molecule has 0 radical (unpaired) electrons. The highest BCUT2D eigenvalue weighted by Gasteiger charge is 2.25. The van der Waals surface area contributed by atoms with Crippen LogP contribution in [0.15, 0.2) is 29.0 Å². The molecule has 2 aliphatic rings. The average molecular weight is 104 g/mol. The fourth-order valence-corrected chi connectivity index (χ4v) is 1.35. The molecule has 0 aliphatic heterocycles.